The van der Waals surface area contributed by atoms with Gasteiger partial charge in [-0.25, -0.2) is 0 Å². The number of carbonyl (C=O) groups excluding carboxylic acids is 1. The zero-order valence-electron chi connectivity index (χ0n) is 10.4. The molecule has 4 nitrogen and oxygen atoms in total. The molecule has 4 atom stereocenters. The number of carbonyl (C=O) groups is 1. The van der Waals surface area contributed by atoms with Gasteiger partial charge in [0.15, 0.2) is 0 Å². The lowest BCUT2D eigenvalue weighted by Crippen LogP contribution is -2.13. The van der Waals surface area contributed by atoms with E-state index in [1.54, 1.807) is 13.8 Å². The van der Waals surface area contributed by atoms with Crippen LogP contribution in [0.3, 0.4) is 0 Å². The molecule has 1 aliphatic carbocycles. The topological polar surface area (TPSA) is 55.8 Å². The predicted octanol–water partition coefficient (Wildman–Crippen LogP) is 1.78. The Balaban J connectivity index is 1.90. The zero-order chi connectivity index (χ0) is 12.9. The van der Waals surface area contributed by atoms with Gasteiger partial charge in [0.2, 0.25) is 0 Å². The standard InChI is InChI=1S/C14H16O4/c1-3-17-14(16)12-11-10-8(7(2)15)5-4-6-9(10)18-13(11)12/h4-7,11-13,15H,3H2,1-2H3/t7-,11+,12+,13+/m1/s1. The number of rotatable bonds is 3. The summed E-state index contributed by atoms with van der Waals surface area (Å²) in [6.07, 6.45) is -0.648. The molecule has 3 rings (SSSR count). The monoisotopic (exact) mass is 248 g/mol. The Morgan fingerprint density at radius 1 is 1.56 bits per heavy atom. The molecule has 1 aromatic carbocycles. The van der Waals surface area contributed by atoms with E-state index in [2.05, 4.69) is 0 Å². The molecule has 96 valence electrons. The van der Waals surface area contributed by atoms with Gasteiger partial charge in [0.05, 0.1) is 12.7 Å². The average Bonchev–Trinajstić information content (AvgIpc) is 2.91. The lowest BCUT2D eigenvalue weighted by Gasteiger charge is -2.13. The highest BCUT2D eigenvalue weighted by Gasteiger charge is 2.64. The van der Waals surface area contributed by atoms with E-state index in [-0.39, 0.29) is 23.9 Å². The Bertz CT molecular complexity index is 495. The van der Waals surface area contributed by atoms with E-state index in [9.17, 15) is 9.90 Å². The molecule has 1 heterocycles. The van der Waals surface area contributed by atoms with Crippen molar-refractivity contribution in [2.75, 3.05) is 6.61 Å². The molecule has 1 aliphatic heterocycles. The van der Waals surface area contributed by atoms with Gasteiger partial charge in [-0.15, -0.1) is 0 Å². The molecular formula is C14H16O4. The number of aliphatic hydroxyl groups is 1. The van der Waals surface area contributed by atoms with Crippen LogP contribution in [-0.2, 0) is 9.53 Å². The van der Waals surface area contributed by atoms with Gasteiger partial charge < -0.3 is 14.6 Å². The van der Waals surface area contributed by atoms with Crippen LogP contribution in [0.15, 0.2) is 18.2 Å². The average molecular weight is 248 g/mol. The minimum Gasteiger partial charge on any atom is -0.489 e. The molecule has 0 amide bonds. The molecule has 1 saturated carbocycles. The van der Waals surface area contributed by atoms with Crippen molar-refractivity contribution in [2.45, 2.75) is 32.0 Å². The number of aliphatic hydroxyl groups excluding tert-OH is 1. The van der Waals surface area contributed by atoms with Crippen molar-refractivity contribution in [3.63, 3.8) is 0 Å². The smallest absolute Gasteiger partial charge is 0.313 e. The molecule has 0 aromatic heterocycles. The summed E-state index contributed by atoms with van der Waals surface area (Å²) < 4.78 is 10.8. The van der Waals surface area contributed by atoms with E-state index >= 15 is 0 Å². The van der Waals surface area contributed by atoms with E-state index in [1.807, 2.05) is 18.2 Å². The number of benzene rings is 1. The largest absolute Gasteiger partial charge is 0.489 e. The Hall–Kier alpha value is -1.55. The van der Waals surface area contributed by atoms with Crippen molar-refractivity contribution in [2.24, 2.45) is 5.92 Å². The molecule has 0 radical (unpaired) electrons. The lowest BCUT2D eigenvalue weighted by atomic mass is 9.98. The summed E-state index contributed by atoms with van der Waals surface area (Å²) in [6.45, 7) is 3.91. The van der Waals surface area contributed by atoms with Crippen LogP contribution in [0.25, 0.3) is 0 Å². The van der Waals surface area contributed by atoms with Crippen molar-refractivity contribution in [1.29, 1.82) is 0 Å². The Kier molecular flexibility index (Phi) is 2.55. The Morgan fingerprint density at radius 2 is 2.33 bits per heavy atom. The van der Waals surface area contributed by atoms with Crippen LogP contribution in [0.1, 0.15) is 37.0 Å². The molecule has 1 N–H and O–H groups in total. The summed E-state index contributed by atoms with van der Waals surface area (Å²) in [5, 5.41) is 9.78. The van der Waals surface area contributed by atoms with Crippen LogP contribution < -0.4 is 4.74 Å². The van der Waals surface area contributed by atoms with Gasteiger partial charge in [-0.2, -0.15) is 0 Å². The second kappa shape index (κ2) is 3.99. The van der Waals surface area contributed by atoms with Crippen molar-refractivity contribution in [1.82, 2.24) is 0 Å². The van der Waals surface area contributed by atoms with Crippen LogP contribution in [0.4, 0.5) is 0 Å². The van der Waals surface area contributed by atoms with Crippen molar-refractivity contribution in [3.05, 3.63) is 29.3 Å². The number of fused-ring (bicyclic) bond motifs is 3. The van der Waals surface area contributed by atoms with E-state index in [4.69, 9.17) is 9.47 Å². The molecular weight excluding hydrogens is 232 g/mol. The van der Waals surface area contributed by atoms with Gasteiger partial charge in [-0.05, 0) is 25.5 Å². The highest BCUT2D eigenvalue weighted by atomic mass is 16.5. The van der Waals surface area contributed by atoms with Crippen LogP contribution in [0, 0.1) is 5.92 Å². The van der Waals surface area contributed by atoms with Crippen LogP contribution in [0.2, 0.25) is 0 Å². The van der Waals surface area contributed by atoms with Gasteiger partial charge in [-0.3, -0.25) is 4.79 Å². The summed E-state index contributed by atoms with van der Waals surface area (Å²) in [5.74, 6) is 0.463. The SMILES string of the molecule is CCOC(=O)[C@@H]1[C@H]2Oc3cccc([C@@H](C)O)c3[C@H]21. The van der Waals surface area contributed by atoms with Crippen LogP contribution in [0.5, 0.6) is 5.75 Å². The summed E-state index contributed by atoms with van der Waals surface area (Å²) in [4.78, 5) is 11.7. The summed E-state index contributed by atoms with van der Waals surface area (Å²) in [7, 11) is 0. The van der Waals surface area contributed by atoms with Crippen LogP contribution in [-0.4, -0.2) is 23.8 Å². The molecule has 4 heteroatoms. The van der Waals surface area contributed by atoms with Crippen molar-refractivity contribution < 1.29 is 19.4 Å². The van der Waals surface area contributed by atoms with Gasteiger partial charge in [0.1, 0.15) is 17.8 Å². The lowest BCUT2D eigenvalue weighted by molar-refractivity contribution is -0.145. The molecule has 0 saturated heterocycles. The molecule has 1 fully saturated rings. The third-order valence-electron chi connectivity index (χ3n) is 3.66. The summed E-state index contributed by atoms with van der Waals surface area (Å²) in [6, 6.07) is 5.64. The van der Waals surface area contributed by atoms with Crippen molar-refractivity contribution in [3.8, 4) is 5.75 Å². The number of esters is 1. The molecule has 1 aromatic rings. The highest BCUT2D eigenvalue weighted by Crippen LogP contribution is 2.60. The third-order valence-corrected chi connectivity index (χ3v) is 3.66. The molecule has 0 spiro atoms. The maximum absolute atomic E-state index is 11.7. The fourth-order valence-electron chi connectivity index (χ4n) is 2.82. The second-order valence-corrected chi connectivity index (χ2v) is 4.82. The van der Waals surface area contributed by atoms with Gasteiger partial charge >= 0.3 is 5.97 Å². The molecule has 0 bridgehead atoms. The first-order chi connectivity index (χ1) is 8.65. The molecule has 18 heavy (non-hydrogen) atoms. The van der Waals surface area contributed by atoms with E-state index in [0.717, 1.165) is 16.9 Å². The Labute approximate surface area is 106 Å². The number of ether oxygens (including phenoxy) is 2. The minimum absolute atomic E-state index is 0.0600. The fourth-order valence-corrected chi connectivity index (χ4v) is 2.82. The number of hydrogen-bond acceptors (Lipinski definition) is 4. The van der Waals surface area contributed by atoms with Crippen LogP contribution >= 0.6 is 0 Å². The summed E-state index contributed by atoms with van der Waals surface area (Å²) in [5.41, 5.74) is 1.84. The van der Waals surface area contributed by atoms with E-state index in [0.29, 0.717) is 6.61 Å². The zero-order valence-corrected chi connectivity index (χ0v) is 10.4. The Morgan fingerprint density at radius 3 is 3.00 bits per heavy atom. The van der Waals surface area contributed by atoms with Gasteiger partial charge in [-0.1, -0.05) is 12.1 Å². The maximum Gasteiger partial charge on any atom is 0.313 e. The first kappa shape index (κ1) is 11.5. The second-order valence-electron chi connectivity index (χ2n) is 4.82. The van der Waals surface area contributed by atoms with Gasteiger partial charge in [0.25, 0.3) is 0 Å². The predicted molar refractivity (Wildman–Crippen MR) is 64.4 cm³/mol. The highest BCUT2D eigenvalue weighted by molar-refractivity contribution is 5.81. The van der Waals surface area contributed by atoms with E-state index < -0.39 is 6.10 Å². The first-order valence-electron chi connectivity index (χ1n) is 6.29. The number of hydrogen-bond donors (Lipinski definition) is 1. The normalized spacial score (nSPS) is 28.9. The molecule has 2 aliphatic rings. The van der Waals surface area contributed by atoms with Gasteiger partial charge in [0, 0.05) is 11.5 Å². The quantitative estimate of drug-likeness (QED) is 0.828. The summed E-state index contributed by atoms with van der Waals surface area (Å²) >= 11 is 0. The maximum atomic E-state index is 11.7. The fraction of sp³-hybridized carbons (Fsp3) is 0.500. The first-order valence-corrected chi connectivity index (χ1v) is 6.29. The minimum atomic E-state index is -0.550. The molecule has 0 unspecified atom stereocenters. The van der Waals surface area contributed by atoms with Crippen molar-refractivity contribution >= 4 is 5.97 Å². The third kappa shape index (κ3) is 1.52. The van der Waals surface area contributed by atoms with E-state index in [1.165, 1.54) is 0 Å².